The summed E-state index contributed by atoms with van der Waals surface area (Å²) in [7, 11) is 1.67. The van der Waals surface area contributed by atoms with Crippen molar-refractivity contribution in [2.45, 2.75) is 45.1 Å². The lowest BCUT2D eigenvalue weighted by Crippen LogP contribution is -2.29. The van der Waals surface area contributed by atoms with Crippen molar-refractivity contribution >= 4 is 16.9 Å². The Morgan fingerprint density at radius 1 is 1.06 bits per heavy atom. The van der Waals surface area contributed by atoms with E-state index in [9.17, 15) is 4.79 Å². The molecule has 170 valence electrons. The standard InChI is InChI=1S/C26H34N4O2/c1-32-18-8-15-27-26(31)22-11-7-12-23-25(22)29-24(28-23)14-13-20-9-3-4-10-21(20)19-30-16-5-2-6-17-30/h3-4,7,9-12H,2,5-6,8,13-19H2,1H3,(H,27,31)(H,28,29). The highest BCUT2D eigenvalue weighted by Gasteiger charge is 2.15. The topological polar surface area (TPSA) is 70.2 Å². The van der Waals surface area contributed by atoms with Crippen LogP contribution in [0.5, 0.6) is 0 Å². The van der Waals surface area contributed by atoms with Gasteiger partial charge in [0.25, 0.3) is 5.91 Å². The molecule has 0 saturated carbocycles. The number of aryl methyl sites for hydroxylation is 2. The van der Waals surface area contributed by atoms with Crippen molar-refractivity contribution in [2.75, 3.05) is 33.4 Å². The fraction of sp³-hybridized carbons (Fsp3) is 0.462. The Morgan fingerprint density at radius 3 is 2.69 bits per heavy atom. The number of piperidine rings is 1. The average Bonchev–Trinajstić information content (AvgIpc) is 3.25. The molecular formula is C26H34N4O2. The number of methoxy groups -OCH3 is 1. The van der Waals surface area contributed by atoms with Crippen LogP contribution in [-0.2, 0) is 24.1 Å². The molecule has 0 aliphatic carbocycles. The second-order valence-corrected chi connectivity index (χ2v) is 8.59. The van der Waals surface area contributed by atoms with Crippen LogP contribution in [0.15, 0.2) is 42.5 Å². The number of ether oxygens (including phenoxy) is 1. The van der Waals surface area contributed by atoms with Gasteiger partial charge in [0, 0.05) is 33.2 Å². The summed E-state index contributed by atoms with van der Waals surface area (Å²) in [5.41, 5.74) is 5.07. The highest BCUT2D eigenvalue weighted by molar-refractivity contribution is 6.04. The fourth-order valence-electron chi connectivity index (χ4n) is 4.47. The fourth-order valence-corrected chi connectivity index (χ4v) is 4.47. The number of nitrogens with one attached hydrogen (secondary N) is 2. The van der Waals surface area contributed by atoms with E-state index in [0.717, 1.165) is 42.7 Å². The normalized spacial score (nSPS) is 14.7. The van der Waals surface area contributed by atoms with Crippen LogP contribution in [0.4, 0.5) is 0 Å². The Morgan fingerprint density at radius 2 is 1.88 bits per heavy atom. The molecule has 6 heteroatoms. The third-order valence-electron chi connectivity index (χ3n) is 6.21. The monoisotopic (exact) mass is 434 g/mol. The minimum absolute atomic E-state index is 0.0865. The SMILES string of the molecule is COCCCNC(=O)c1cccc2[nH]c(CCc3ccccc3CN3CCCCC3)nc12. The number of rotatable bonds is 10. The summed E-state index contributed by atoms with van der Waals surface area (Å²) in [4.78, 5) is 23.4. The number of benzene rings is 2. The predicted octanol–water partition coefficient (Wildman–Crippen LogP) is 4.10. The molecule has 1 amide bonds. The van der Waals surface area contributed by atoms with Gasteiger partial charge < -0.3 is 15.0 Å². The summed E-state index contributed by atoms with van der Waals surface area (Å²) < 4.78 is 5.05. The number of carbonyl (C=O) groups excluding carboxylic acids is 1. The Hall–Kier alpha value is -2.70. The molecule has 0 unspecified atom stereocenters. The van der Waals surface area contributed by atoms with Crippen molar-refractivity contribution in [3.8, 4) is 0 Å². The van der Waals surface area contributed by atoms with Crippen molar-refractivity contribution < 1.29 is 9.53 Å². The second-order valence-electron chi connectivity index (χ2n) is 8.59. The van der Waals surface area contributed by atoms with Crippen molar-refractivity contribution in [2.24, 2.45) is 0 Å². The Balaban J connectivity index is 1.42. The summed E-state index contributed by atoms with van der Waals surface area (Å²) in [5, 5.41) is 2.96. The molecule has 0 atom stereocenters. The van der Waals surface area contributed by atoms with Crippen LogP contribution in [0.3, 0.4) is 0 Å². The van der Waals surface area contributed by atoms with Gasteiger partial charge in [0.1, 0.15) is 11.3 Å². The van der Waals surface area contributed by atoms with Gasteiger partial charge in [-0.25, -0.2) is 4.98 Å². The van der Waals surface area contributed by atoms with Crippen molar-refractivity contribution in [1.82, 2.24) is 20.2 Å². The van der Waals surface area contributed by atoms with Crippen LogP contribution in [0.2, 0.25) is 0 Å². The number of H-pyrrole nitrogens is 1. The van der Waals surface area contributed by atoms with E-state index in [0.29, 0.717) is 18.7 Å². The van der Waals surface area contributed by atoms with E-state index >= 15 is 0 Å². The minimum Gasteiger partial charge on any atom is -0.385 e. The van der Waals surface area contributed by atoms with Crippen LogP contribution >= 0.6 is 0 Å². The first-order chi connectivity index (χ1) is 15.7. The number of aromatic amines is 1. The predicted molar refractivity (Wildman–Crippen MR) is 128 cm³/mol. The van der Waals surface area contributed by atoms with Crippen LogP contribution in [-0.4, -0.2) is 54.1 Å². The number of hydrogen-bond acceptors (Lipinski definition) is 4. The van der Waals surface area contributed by atoms with Gasteiger partial charge in [-0.05, 0) is 62.0 Å². The molecule has 1 aromatic heterocycles. The molecule has 1 aliphatic rings. The molecule has 1 saturated heterocycles. The lowest BCUT2D eigenvalue weighted by molar-refractivity contribution is 0.0950. The lowest BCUT2D eigenvalue weighted by atomic mass is 10.0. The largest absolute Gasteiger partial charge is 0.385 e. The maximum Gasteiger partial charge on any atom is 0.253 e. The van der Waals surface area contributed by atoms with Crippen LogP contribution < -0.4 is 5.32 Å². The number of imidazole rings is 1. The third-order valence-corrected chi connectivity index (χ3v) is 6.21. The third kappa shape index (κ3) is 5.75. The highest BCUT2D eigenvalue weighted by atomic mass is 16.5. The molecule has 1 aliphatic heterocycles. The number of hydrogen-bond donors (Lipinski definition) is 2. The summed E-state index contributed by atoms with van der Waals surface area (Å²) in [6.07, 6.45) is 6.52. The molecule has 0 radical (unpaired) electrons. The van der Waals surface area contributed by atoms with E-state index in [4.69, 9.17) is 9.72 Å². The summed E-state index contributed by atoms with van der Waals surface area (Å²) in [6, 6.07) is 14.5. The van der Waals surface area contributed by atoms with Crippen molar-refractivity contribution in [1.29, 1.82) is 0 Å². The van der Waals surface area contributed by atoms with E-state index < -0.39 is 0 Å². The Labute approximate surface area is 190 Å². The first-order valence-electron chi connectivity index (χ1n) is 11.8. The number of aromatic nitrogens is 2. The molecule has 6 nitrogen and oxygen atoms in total. The maximum absolute atomic E-state index is 12.6. The first kappa shape index (κ1) is 22.5. The molecule has 3 aromatic rings. The quantitative estimate of drug-likeness (QED) is 0.472. The molecule has 2 aromatic carbocycles. The first-order valence-corrected chi connectivity index (χ1v) is 11.8. The van der Waals surface area contributed by atoms with E-state index in [1.54, 1.807) is 7.11 Å². The molecule has 0 spiro atoms. The van der Waals surface area contributed by atoms with Gasteiger partial charge in [-0.3, -0.25) is 9.69 Å². The van der Waals surface area contributed by atoms with Crippen molar-refractivity contribution in [3.05, 3.63) is 65.0 Å². The highest BCUT2D eigenvalue weighted by Crippen LogP contribution is 2.20. The van der Waals surface area contributed by atoms with E-state index in [1.807, 2.05) is 18.2 Å². The van der Waals surface area contributed by atoms with Gasteiger partial charge in [-0.1, -0.05) is 36.8 Å². The van der Waals surface area contributed by atoms with Crippen molar-refractivity contribution in [3.63, 3.8) is 0 Å². The molecule has 4 rings (SSSR count). The van der Waals surface area contributed by atoms with Crippen LogP contribution in [0.25, 0.3) is 11.0 Å². The number of carbonyl (C=O) groups is 1. The maximum atomic E-state index is 12.6. The molecular weight excluding hydrogens is 400 g/mol. The second kappa shape index (κ2) is 11.2. The molecule has 1 fully saturated rings. The lowest BCUT2D eigenvalue weighted by Gasteiger charge is -2.27. The van der Waals surface area contributed by atoms with Gasteiger partial charge in [0.15, 0.2) is 0 Å². The van der Waals surface area contributed by atoms with Crippen LogP contribution in [0.1, 0.15) is 53.0 Å². The zero-order chi connectivity index (χ0) is 22.2. The zero-order valence-corrected chi connectivity index (χ0v) is 19.0. The Bertz CT molecular complexity index is 1020. The van der Waals surface area contributed by atoms with Gasteiger partial charge in [-0.2, -0.15) is 0 Å². The van der Waals surface area contributed by atoms with E-state index in [1.165, 1.54) is 43.5 Å². The summed E-state index contributed by atoms with van der Waals surface area (Å²) in [5.74, 6) is 0.837. The smallest absolute Gasteiger partial charge is 0.253 e. The van der Waals surface area contributed by atoms with Crippen LogP contribution in [0, 0.1) is 0 Å². The van der Waals surface area contributed by atoms with Gasteiger partial charge in [0.05, 0.1) is 11.1 Å². The zero-order valence-electron chi connectivity index (χ0n) is 19.0. The van der Waals surface area contributed by atoms with Gasteiger partial charge in [-0.15, -0.1) is 0 Å². The van der Waals surface area contributed by atoms with Gasteiger partial charge >= 0.3 is 0 Å². The van der Waals surface area contributed by atoms with E-state index in [2.05, 4.69) is 39.5 Å². The minimum atomic E-state index is -0.0865. The number of amides is 1. The molecule has 0 bridgehead atoms. The summed E-state index contributed by atoms with van der Waals surface area (Å²) in [6.45, 7) is 4.66. The molecule has 32 heavy (non-hydrogen) atoms. The van der Waals surface area contributed by atoms with E-state index in [-0.39, 0.29) is 5.91 Å². The van der Waals surface area contributed by atoms with Gasteiger partial charge in [0.2, 0.25) is 0 Å². The number of likely N-dealkylation sites (tertiary alicyclic amines) is 1. The molecule has 2 N–H and O–H groups in total. The molecule has 2 heterocycles. The number of fused-ring (bicyclic) bond motifs is 1. The summed E-state index contributed by atoms with van der Waals surface area (Å²) >= 11 is 0. The number of nitrogens with zero attached hydrogens (tertiary/aromatic N) is 2. The average molecular weight is 435 g/mol. The number of para-hydroxylation sites is 1. The Kier molecular flexibility index (Phi) is 7.91.